The Morgan fingerprint density at radius 2 is 1.90 bits per heavy atom. The Hall–Kier alpha value is -3.06. The second-order valence-electron chi connectivity index (χ2n) is 8.54. The first-order chi connectivity index (χ1) is 14.1. The molecule has 0 aliphatic heterocycles. The van der Waals surface area contributed by atoms with Crippen molar-refractivity contribution in [3.63, 3.8) is 0 Å². The Kier molecular flexibility index (Phi) is 4.94. The zero-order valence-corrected chi connectivity index (χ0v) is 18.9. The fourth-order valence-corrected chi connectivity index (χ4v) is 4.70. The van der Waals surface area contributed by atoms with E-state index in [1.165, 1.54) is 11.3 Å². The number of pyridine rings is 2. The predicted octanol–water partition coefficient (Wildman–Crippen LogP) is 5.35. The highest BCUT2D eigenvalue weighted by atomic mass is 32.1. The number of hydrogen-bond acceptors (Lipinski definition) is 5. The summed E-state index contributed by atoms with van der Waals surface area (Å²) in [6.45, 7) is 12.3. The van der Waals surface area contributed by atoms with Crippen LogP contribution in [0.25, 0.3) is 16.0 Å². The third-order valence-corrected chi connectivity index (χ3v) is 6.20. The fraction of sp³-hybridized carbons (Fsp3) is 0.304. The van der Waals surface area contributed by atoms with Gasteiger partial charge in [-0.3, -0.25) is 4.79 Å². The van der Waals surface area contributed by atoms with Crippen LogP contribution in [0.1, 0.15) is 53.0 Å². The van der Waals surface area contributed by atoms with E-state index >= 15 is 0 Å². The molecule has 0 aliphatic carbocycles. The van der Waals surface area contributed by atoms with Gasteiger partial charge in [0.1, 0.15) is 10.6 Å². The van der Waals surface area contributed by atoms with Crippen LogP contribution >= 0.6 is 11.3 Å². The van der Waals surface area contributed by atoms with Gasteiger partial charge in [0.05, 0.1) is 10.6 Å². The molecule has 4 rings (SSSR count). The van der Waals surface area contributed by atoms with E-state index in [1.807, 2.05) is 38.1 Å². The van der Waals surface area contributed by atoms with Crippen molar-refractivity contribution < 1.29 is 4.79 Å². The summed E-state index contributed by atoms with van der Waals surface area (Å²) in [6, 6.07) is 9.60. The van der Waals surface area contributed by atoms with Gasteiger partial charge in [-0.1, -0.05) is 26.8 Å². The van der Waals surface area contributed by atoms with Crippen LogP contribution in [0.4, 0.5) is 5.82 Å². The number of carbonyl (C=O) groups excluding carboxylic acids is 1. The molecular formula is C23H25N5OS. The van der Waals surface area contributed by atoms with Gasteiger partial charge in [0.25, 0.3) is 5.91 Å². The molecule has 1 amide bonds. The highest BCUT2D eigenvalue weighted by Crippen LogP contribution is 2.33. The lowest BCUT2D eigenvalue weighted by molar-refractivity contribution is 0.102. The molecule has 4 heterocycles. The molecule has 0 aliphatic rings. The maximum absolute atomic E-state index is 13.3. The van der Waals surface area contributed by atoms with Crippen molar-refractivity contribution in [1.82, 2.24) is 19.7 Å². The number of aryl methyl sites for hydroxylation is 3. The van der Waals surface area contributed by atoms with Gasteiger partial charge in [-0.05, 0) is 50.1 Å². The third-order valence-electron chi connectivity index (χ3n) is 5.02. The number of aromatic nitrogens is 4. The average molecular weight is 420 g/mol. The summed E-state index contributed by atoms with van der Waals surface area (Å²) in [6.07, 6.45) is 1.71. The van der Waals surface area contributed by atoms with Crippen molar-refractivity contribution in [3.05, 3.63) is 63.9 Å². The number of fused-ring (bicyclic) bond motifs is 1. The van der Waals surface area contributed by atoms with Gasteiger partial charge in [-0.2, -0.15) is 9.78 Å². The largest absolute Gasteiger partial charge is 0.306 e. The Morgan fingerprint density at radius 1 is 1.13 bits per heavy atom. The number of amides is 1. The molecule has 0 saturated heterocycles. The van der Waals surface area contributed by atoms with E-state index in [4.69, 9.17) is 5.10 Å². The molecule has 0 bridgehead atoms. The molecule has 0 unspecified atom stereocenters. The summed E-state index contributed by atoms with van der Waals surface area (Å²) in [4.78, 5) is 23.8. The molecule has 0 radical (unpaired) electrons. The Balaban J connectivity index is 1.77. The van der Waals surface area contributed by atoms with Crippen LogP contribution in [0.5, 0.6) is 0 Å². The van der Waals surface area contributed by atoms with Crippen LogP contribution < -0.4 is 5.32 Å². The molecule has 154 valence electrons. The van der Waals surface area contributed by atoms with Crippen molar-refractivity contribution in [2.45, 2.75) is 47.0 Å². The van der Waals surface area contributed by atoms with Crippen molar-refractivity contribution in [2.75, 3.05) is 5.32 Å². The number of nitrogens with zero attached hydrogens (tertiary/aromatic N) is 4. The van der Waals surface area contributed by atoms with Crippen LogP contribution in [0.2, 0.25) is 0 Å². The number of rotatable bonds is 3. The summed E-state index contributed by atoms with van der Waals surface area (Å²) in [5, 5.41) is 8.84. The zero-order chi connectivity index (χ0) is 21.6. The third kappa shape index (κ3) is 3.61. The van der Waals surface area contributed by atoms with Crippen molar-refractivity contribution in [1.29, 1.82) is 0 Å². The highest BCUT2D eigenvalue weighted by molar-refractivity contribution is 7.20. The van der Waals surface area contributed by atoms with Gasteiger partial charge in [-0.15, -0.1) is 11.3 Å². The number of carbonyl (C=O) groups is 1. The maximum atomic E-state index is 13.3. The Labute approximate surface area is 180 Å². The highest BCUT2D eigenvalue weighted by Gasteiger charge is 2.24. The van der Waals surface area contributed by atoms with E-state index in [2.05, 4.69) is 49.0 Å². The van der Waals surface area contributed by atoms with Crippen molar-refractivity contribution in [3.8, 4) is 5.82 Å². The van der Waals surface area contributed by atoms with E-state index in [1.54, 1.807) is 10.9 Å². The topological polar surface area (TPSA) is 72.7 Å². The molecule has 6 nitrogen and oxygen atoms in total. The number of hydrogen-bond donors (Lipinski definition) is 1. The molecule has 4 aromatic heterocycles. The Bertz CT molecular complexity index is 1250. The van der Waals surface area contributed by atoms with E-state index in [0.717, 1.165) is 32.7 Å². The van der Waals surface area contributed by atoms with E-state index < -0.39 is 0 Å². The molecule has 0 aromatic carbocycles. The zero-order valence-electron chi connectivity index (χ0n) is 18.1. The van der Waals surface area contributed by atoms with E-state index in [0.29, 0.717) is 16.5 Å². The fourth-order valence-electron chi connectivity index (χ4n) is 3.50. The van der Waals surface area contributed by atoms with Crippen LogP contribution in [-0.2, 0) is 5.41 Å². The van der Waals surface area contributed by atoms with Crippen molar-refractivity contribution >= 4 is 33.3 Å². The lowest BCUT2D eigenvalue weighted by Gasteiger charge is -2.13. The second-order valence-corrected chi connectivity index (χ2v) is 9.53. The summed E-state index contributed by atoms with van der Waals surface area (Å²) < 4.78 is 1.69. The minimum atomic E-state index is -0.162. The number of thiophene rings is 1. The summed E-state index contributed by atoms with van der Waals surface area (Å²) >= 11 is 1.43. The monoisotopic (exact) mass is 419 g/mol. The number of nitrogens with one attached hydrogen (secondary N) is 1. The molecule has 0 spiro atoms. The second kappa shape index (κ2) is 7.32. The Morgan fingerprint density at radius 3 is 2.57 bits per heavy atom. The van der Waals surface area contributed by atoms with Gasteiger partial charge < -0.3 is 5.32 Å². The molecule has 0 fully saturated rings. The van der Waals surface area contributed by atoms with Gasteiger partial charge in [0.2, 0.25) is 0 Å². The van der Waals surface area contributed by atoms with Crippen LogP contribution in [-0.4, -0.2) is 25.7 Å². The standard InChI is InChI=1S/C23H25N5OS/c1-13-11-14(2)25-22-19(13)15(3)20(30-22)21(29)26-18-12-16(23(4,5)6)27-28(18)17-9-7-8-10-24-17/h7-12H,1-6H3,(H,26,29). The minimum Gasteiger partial charge on any atom is -0.306 e. The quantitative estimate of drug-likeness (QED) is 0.486. The molecule has 30 heavy (non-hydrogen) atoms. The van der Waals surface area contributed by atoms with Gasteiger partial charge in [-0.25, -0.2) is 9.97 Å². The first-order valence-corrected chi connectivity index (χ1v) is 10.7. The predicted molar refractivity (Wildman–Crippen MR) is 122 cm³/mol. The van der Waals surface area contributed by atoms with Crippen LogP contribution in [0, 0.1) is 20.8 Å². The SMILES string of the molecule is Cc1cc(C)c2c(C)c(C(=O)Nc3cc(C(C)(C)C)nn3-c3ccccn3)sc2n1. The van der Waals surface area contributed by atoms with E-state index in [-0.39, 0.29) is 11.3 Å². The molecular weight excluding hydrogens is 394 g/mol. The number of anilines is 1. The van der Waals surface area contributed by atoms with Gasteiger partial charge in [0, 0.05) is 28.8 Å². The van der Waals surface area contributed by atoms with E-state index in [9.17, 15) is 4.79 Å². The molecule has 7 heteroatoms. The van der Waals surface area contributed by atoms with Gasteiger partial charge >= 0.3 is 0 Å². The average Bonchev–Trinajstić information content (AvgIpc) is 3.24. The van der Waals surface area contributed by atoms with Crippen LogP contribution in [0.15, 0.2) is 36.5 Å². The molecule has 4 aromatic rings. The normalized spacial score (nSPS) is 11.8. The summed E-state index contributed by atoms with van der Waals surface area (Å²) in [5.74, 6) is 1.09. The maximum Gasteiger partial charge on any atom is 0.267 e. The van der Waals surface area contributed by atoms with Crippen LogP contribution in [0.3, 0.4) is 0 Å². The summed E-state index contributed by atoms with van der Waals surface area (Å²) in [7, 11) is 0. The lowest BCUT2D eigenvalue weighted by Crippen LogP contribution is -2.15. The van der Waals surface area contributed by atoms with Gasteiger partial charge in [0.15, 0.2) is 5.82 Å². The van der Waals surface area contributed by atoms with Crippen molar-refractivity contribution in [2.24, 2.45) is 0 Å². The lowest BCUT2D eigenvalue weighted by atomic mass is 9.92. The molecule has 0 atom stereocenters. The summed E-state index contributed by atoms with van der Waals surface area (Å²) in [5.41, 5.74) is 3.77. The molecule has 0 saturated carbocycles. The first kappa shape index (κ1) is 20.2. The minimum absolute atomic E-state index is 0.161. The molecule has 1 N–H and O–H groups in total. The smallest absolute Gasteiger partial charge is 0.267 e. The first-order valence-electron chi connectivity index (χ1n) is 9.86.